The molecule has 138 valence electrons. The molecule has 4 aromatic rings. The van der Waals surface area contributed by atoms with E-state index in [2.05, 4.69) is 15.2 Å². The van der Waals surface area contributed by atoms with Gasteiger partial charge in [0.1, 0.15) is 17.0 Å². The molecule has 28 heavy (non-hydrogen) atoms. The van der Waals surface area contributed by atoms with Gasteiger partial charge in [-0.25, -0.2) is 4.98 Å². The zero-order valence-electron chi connectivity index (χ0n) is 14.3. The van der Waals surface area contributed by atoms with E-state index in [1.807, 2.05) is 41.0 Å². The van der Waals surface area contributed by atoms with Gasteiger partial charge >= 0.3 is 0 Å². The second kappa shape index (κ2) is 7.49. The van der Waals surface area contributed by atoms with Crippen molar-refractivity contribution in [2.24, 2.45) is 0 Å². The summed E-state index contributed by atoms with van der Waals surface area (Å²) in [6.07, 6.45) is 1.20. The van der Waals surface area contributed by atoms with Gasteiger partial charge in [-0.05, 0) is 42.1 Å². The lowest BCUT2D eigenvalue weighted by molar-refractivity contribution is -0.385. The lowest BCUT2D eigenvalue weighted by Crippen LogP contribution is -1.99. The number of hydrogen-bond donors (Lipinski definition) is 1. The van der Waals surface area contributed by atoms with E-state index in [0.717, 1.165) is 5.69 Å². The predicted molar refractivity (Wildman–Crippen MR) is 103 cm³/mol. The number of rotatable bonds is 5. The lowest BCUT2D eigenvalue weighted by atomic mass is 10.2. The molecule has 0 saturated heterocycles. The number of phenolic OH excluding ortho intramolecular Hbond substituents is 1. The maximum atomic E-state index is 10.8. The van der Waals surface area contributed by atoms with Crippen LogP contribution in [-0.2, 0) is 0 Å². The Balaban J connectivity index is 1.80. The fraction of sp³-hybridized carbons (Fsp3) is 0. The van der Waals surface area contributed by atoms with Crippen molar-refractivity contribution in [3.63, 3.8) is 0 Å². The van der Waals surface area contributed by atoms with Crippen LogP contribution in [0.5, 0.6) is 5.75 Å². The summed E-state index contributed by atoms with van der Waals surface area (Å²) in [6.45, 7) is 0. The topological polar surface area (TPSA) is 107 Å². The van der Waals surface area contributed by atoms with Crippen molar-refractivity contribution in [1.29, 1.82) is 0 Å². The molecule has 4 rings (SSSR count). The van der Waals surface area contributed by atoms with E-state index in [1.165, 1.54) is 24.0 Å². The maximum absolute atomic E-state index is 10.8. The van der Waals surface area contributed by atoms with E-state index in [4.69, 9.17) is 0 Å². The van der Waals surface area contributed by atoms with Crippen molar-refractivity contribution < 1.29 is 10.0 Å². The molecule has 2 heterocycles. The van der Waals surface area contributed by atoms with Gasteiger partial charge in [0.2, 0.25) is 5.16 Å². The minimum atomic E-state index is -0.496. The average molecular weight is 391 g/mol. The van der Waals surface area contributed by atoms with Gasteiger partial charge in [-0.2, -0.15) is 0 Å². The number of nitrogens with zero attached hydrogens (tertiary/aromatic N) is 5. The number of nitro groups is 1. The summed E-state index contributed by atoms with van der Waals surface area (Å²) in [5, 5.41) is 30.6. The third-order valence-corrected chi connectivity index (χ3v) is 4.82. The highest BCUT2D eigenvalue weighted by Crippen LogP contribution is 2.34. The third-order valence-electron chi connectivity index (χ3n) is 3.92. The van der Waals surface area contributed by atoms with Crippen LogP contribution in [0.3, 0.4) is 0 Å². The molecule has 0 fully saturated rings. The van der Waals surface area contributed by atoms with Crippen LogP contribution in [0.1, 0.15) is 0 Å². The summed E-state index contributed by atoms with van der Waals surface area (Å²) in [5.74, 6) is 0.575. The van der Waals surface area contributed by atoms with Crippen LogP contribution in [0.15, 0.2) is 83.1 Å². The van der Waals surface area contributed by atoms with Crippen LogP contribution in [-0.4, -0.2) is 29.8 Å². The first-order valence-corrected chi connectivity index (χ1v) is 9.02. The molecule has 9 heteroatoms. The first-order chi connectivity index (χ1) is 13.6. The molecule has 0 amide bonds. The summed E-state index contributed by atoms with van der Waals surface area (Å²) >= 11 is 1.22. The molecule has 0 aliphatic carbocycles. The van der Waals surface area contributed by atoms with Crippen molar-refractivity contribution in [3.05, 3.63) is 83.0 Å². The Morgan fingerprint density at radius 2 is 1.71 bits per heavy atom. The Kier molecular flexibility index (Phi) is 4.73. The summed E-state index contributed by atoms with van der Waals surface area (Å²) in [5.41, 5.74) is 1.28. The van der Waals surface area contributed by atoms with Crippen LogP contribution in [0.2, 0.25) is 0 Å². The number of aromatic nitrogens is 4. The van der Waals surface area contributed by atoms with E-state index in [0.29, 0.717) is 21.6 Å². The SMILES string of the molecule is O=[N+]([O-])c1ccc(Sc2nnc(-c3ccccc3O)n2-c2ccccc2)nc1. The van der Waals surface area contributed by atoms with Crippen LogP contribution in [0, 0.1) is 10.1 Å². The highest BCUT2D eigenvalue weighted by molar-refractivity contribution is 7.99. The highest BCUT2D eigenvalue weighted by atomic mass is 32.2. The van der Waals surface area contributed by atoms with Gasteiger partial charge in [0.15, 0.2) is 5.82 Å². The number of aromatic hydroxyl groups is 1. The second-order valence-corrected chi connectivity index (χ2v) is 6.70. The van der Waals surface area contributed by atoms with Crippen molar-refractivity contribution in [2.45, 2.75) is 10.2 Å². The summed E-state index contributed by atoms with van der Waals surface area (Å²) in [4.78, 5) is 14.4. The van der Waals surface area contributed by atoms with E-state index < -0.39 is 4.92 Å². The quantitative estimate of drug-likeness (QED) is 0.403. The average Bonchev–Trinajstić information content (AvgIpc) is 3.12. The summed E-state index contributed by atoms with van der Waals surface area (Å²) < 4.78 is 1.81. The summed E-state index contributed by atoms with van der Waals surface area (Å²) in [7, 11) is 0. The normalized spacial score (nSPS) is 10.7. The van der Waals surface area contributed by atoms with Gasteiger partial charge in [-0.3, -0.25) is 14.7 Å². The van der Waals surface area contributed by atoms with Crippen molar-refractivity contribution in [1.82, 2.24) is 19.7 Å². The Labute approximate surface area is 163 Å². The first kappa shape index (κ1) is 17.7. The highest BCUT2D eigenvalue weighted by Gasteiger charge is 2.19. The molecule has 0 spiro atoms. The minimum Gasteiger partial charge on any atom is -0.507 e. The fourth-order valence-corrected chi connectivity index (χ4v) is 3.41. The Morgan fingerprint density at radius 1 is 0.964 bits per heavy atom. The molecule has 0 saturated carbocycles. The number of hydrogen-bond acceptors (Lipinski definition) is 7. The number of para-hydroxylation sites is 2. The van der Waals surface area contributed by atoms with Crippen LogP contribution >= 0.6 is 11.8 Å². The molecule has 0 aliphatic heterocycles. The van der Waals surface area contributed by atoms with Gasteiger partial charge in [-0.1, -0.05) is 30.3 Å². The Hall–Kier alpha value is -3.72. The van der Waals surface area contributed by atoms with Crippen molar-refractivity contribution in [3.8, 4) is 22.8 Å². The summed E-state index contributed by atoms with van der Waals surface area (Å²) in [6, 6.07) is 19.3. The molecule has 0 unspecified atom stereocenters. The second-order valence-electron chi connectivity index (χ2n) is 5.71. The molecule has 2 aromatic carbocycles. The monoisotopic (exact) mass is 391 g/mol. The largest absolute Gasteiger partial charge is 0.507 e. The first-order valence-electron chi connectivity index (χ1n) is 8.21. The smallest absolute Gasteiger partial charge is 0.287 e. The van der Waals surface area contributed by atoms with E-state index in [1.54, 1.807) is 24.3 Å². The fourth-order valence-electron chi connectivity index (χ4n) is 2.62. The van der Waals surface area contributed by atoms with Gasteiger partial charge in [-0.15, -0.1) is 10.2 Å². The zero-order chi connectivity index (χ0) is 19.5. The molecular weight excluding hydrogens is 378 g/mol. The van der Waals surface area contributed by atoms with Crippen LogP contribution < -0.4 is 0 Å². The maximum Gasteiger partial charge on any atom is 0.287 e. The molecular formula is C19H13N5O3S. The molecule has 0 radical (unpaired) electrons. The minimum absolute atomic E-state index is 0.0798. The standard InChI is InChI=1S/C19H13N5O3S/c25-16-9-5-4-8-15(16)18-21-22-19(23(18)13-6-2-1-3-7-13)28-17-11-10-14(12-20-17)24(26)27/h1-12,25H. The van der Waals surface area contributed by atoms with E-state index >= 15 is 0 Å². The number of phenols is 1. The van der Waals surface area contributed by atoms with Crippen LogP contribution in [0.25, 0.3) is 17.1 Å². The van der Waals surface area contributed by atoms with Gasteiger partial charge in [0, 0.05) is 11.8 Å². The van der Waals surface area contributed by atoms with Crippen LogP contribution in [0.4, 0.5) is 5.69 Å². The third kappa shape index (κ3) is 3.42. The molecule has 0 atom stereocenters. The van der Waals surface area contributed by atoms with Crippen molar-refractivity contribution >= 4 is 17.4 Å². The molecule has 0 aliphatic rings. The van der Waals surface area contributed by atoms with Gasteiger partial charge < -0.3 is 5.11 Å². The van der Waals surface area contributed by atoms with E-state index in [-0.39, 0.29) is 11.4 Å². The number of pyridine rings is 1. The Morgan fingerprint density at radius 3 is 2.39 bits per heavy atom. The molecule has 8 nitrogen and oxygen atoms in total. The van der Waals surface area contributed by atoms with Gasteiger partial charge in [0.25, 0.3) is 5.69 Å². The van der Waals surface area contributed by atoms with E-state index in [9.17, 15) is 15.2 Å². The van der Waals surface area contributed by atoms with Gasteiger partial charge in [0.05, 0.1) is 10.5 Å². The molecule has 1 N–H and O–H groups in total. The molecule has 0 bridgehead atoms. The Bertz CT molecular complexity index is 1130. The number of benzene rings is 2. The lowest BCUT2D eigenvalue weighted by Gasteiger charge is -2.10. The molecule has 2 aromatic heterocycles. The van der Waals surface area contributed by atoms with Crippen molar-refractivity contribution in [2.75, 3.05) is 0 Å². The zero-order valence-corrected chi connectivity index (χ0v) is 15.2. The predicted octanol–water partition coefficient (Wildman–Crippen LogP) is 4.09.